The van der Waals surface area contributed by atoms with E-state index in [2.05, 4.69) is 5.32 Å². The van der Waals surface area contributed by atoms with Crippen molar-refractivity contribution in [2.45, 2.75) is 25.9 Å². The Bertz CT molecular complexity index is 421. The van der Waals surface area contributed by atoms with Gasteiger partial charge in [0.1, 0.15) is 11.9 Å². The van der Waals surface area contributed by atoms with Crippen LogP contribution >= 0.6 is 0 Å². The van der Waals surface area contributed by atoms with Crippen LogP contribution in [0.4, 0.5) is 10.1 Å². The smallest absolute Gasteiger partial charge is 0.320 e. The molecule has 2 N–H and O–H groups in total. The molecule has 0 aliphatic carbocycles. The minimum Gasteiger partial charge on any atom is -0.480 e. The number of nitrogens with zero attached hydrogens (tertiary/aromatic N) is 1. The van der Waals surface area contributed by atoms with Crippen molar-refractivity contribution in [3.63, 3.8) is 0 Å². The maximum absolute atomic E-state index is 13.2. The van der Waals surface area contributed by atoms with Gasteiger partial charge >= 0.3 is 5.97 Å². The number of halogens is 1. The van der Waals surface area contributed by atoms with E-state index in [0.29, 0.717) is 13.0 Å². The van der Waals surface area contributed by atoms with E-state index in [-0.39, 0.29) is 5.82 Å². The summed E-state index contributed by atoms with van der Waals surface area (Å²) in [6.45, 7) is 2.13. The van der Waals surface area contributed by atoms with Gasteiger partial charge in [-0.25, -0.2) is 4.39 Å². The molecule has 4 nitrogen and oxygen atoms in total. The van der Waals surface area contributed by atoms with Crippen LogP contribution in [-0.4, -0.2) is 31.2 Å². The molecule has 0 amide bonds. The number of carbonyl (C=O) groups is 1. The lowest BCUT2D eigenvalue weighted by molar-refractivity contribution is -0.139. The molecule has 0 spiro atoms. The van der Waals surface area contributed by atoms with Crippen molar-refractivity contribution in [2.75, 3.05) is 19.0 Å². The maximum Gasteiger partial charge on any atom is 0.320 e. The number of aliphatic carboxylic acids is 1. The second kappa shape index (κ2) is 6.35. The zero-order valence-electron chi connectivity index (χ0n) is 10.9. The first-order valence-corrected chi connectivity index (χ1v) is 5.87. The first-order chi connectivity index (χ1) is 8.45. The van der Waals surface area contributed by atoms with Gasteiger partial charge in [0, 0.05) is 26.3 Å². The monoisotopic (exact) mass is 254 g/mol. The fourth-order valence-electron chi connectivity index (χ4n) is 1.77. The average molecular weight is 254 g/mol. The molecule has 0 aliphatic rings. The van der Waals surface area contributed by atoms with E-state index < -0.39 is 12.0 Å². The van der Waals surface area contributed by atoms with Crippen molar-refractivity contribution < 1.29 is 14.3 Å². The van der Waals surface area contributed by atoms with Crippen molar-refractivity contribution in [3.8, 4) is 0 Å². The molecule has 0 aliphatic heterocycles. The van der Waals surface area contributed by atoms with Gasteiger partial charge in [-0.15, -0.1) is 0 Å². The summed E-state index contributed by atoms with van der Waals surface area (Å²) in [5, 5.41) is 11.9. The molecular formula is C13H19FN2O2. The number of anilines is 1. The number of nitrogens with one attached hydrogen (secondary N) is 1. The molecule has 5 heteroatoms. The number of carboxylic acids is 1. The Hall–Kier alpha value is -1.62. The Balaban J connectivity index is 2.83. The highest BCUT2D eigenvalue weighted by atomic mass is 19.1. The Kier molecular flexibility index (Phi) is 5.09. The highest BCUT2D eigenvalue weighted by Gasteiger charge is 2.15. The molecule has 0 saturated carbocycles. The van der Waals surface area contributed by atoms with Crippen LogP contribution in [0.1, 0.15) is 18.9 Å². The van der Waals surface area contributed by atoms with E-state index in [1.54, 1.807) is 13.0 Å². The summed E-state index contributed by atoms with van der Waals surface area (Å²) in [4.78, 5) is 12.8. The number of carboxylic acid groups (broad SMARTS) is 1. The summed E-state index contributed by atoms with van der Waals surface area (Å²) in [5.74, 6) is -1.21. The molecule has 0 radical (unpaired) electrons. The van der Waals surface area contributed by atoms with Crippen molar-refractivity contribution in [3.05, 3.63) is 29.6 Å². The molecule has 0 heterocycles. The van der Waals surface area contributed by atoms with Gasteiger partial charge in [0.2, 0.25) is 0 Å². The summed E-state index contributed by atoms with van der Waals surface area (Å²) in [6.07, 6.45) is 0.488. The molecule has 1 aromatic carbocycles. The minimum absolute atomic E-state index is 0.319. The zero-order chi connectivity index (χ0) is 13.7. The molecule has 0 fully saturated rings. The van der Waals surface area contributed by atoms with Crippen molar-refractivity contribution >= 4 is 11.7 Å². The SMILES string of the molecule is CC[C@@H](NCc1cc(F)ccc1N(C)C)C(=O)O. The van der Waals surface area contributed by atoms with Gasteiger partial charge in [0.05, 0.1) is 0 Å². The number of hydrogen-bond donors (Lipinski definition) is 2. The molecule has 1 aromatic rings. The van der Waals surface area contributed by atoms with Gasteiger partial charge in [-0.05, 0) is 30.2 Å². The third kappa shape index (κ3) is 3.70. The highest BCUT2D eigenvalue weighted by molar-refractivity contribution is 5.73. The second-order valence-electron chi connectivity index (χ2n) is 4.35. The largest absolute Gasteiger partial charge is 0.480 e. The molecule has 0 aromatic heterocycles. The normalized spacial score (nSPS) is 12.2. The topological polar surface area (TPSA) is 52.6 Å². The van der Waals surface area contributed by atoms with Crippen LogP contribution in [0.15, 0.2) is 18.2 Å². The first kappa shape index (κ1) is 14.4. The van der Waals surface area contributed by atoms with Crippen molar-refractivity contribution in [1.29, 1.82) is 0 Å². The molecule has 18 heavy (non-hydrogen) atoms. The van der Waals surface area contributed by atoms with Gasteiger partial charge in [-0.2, -0.15) is 0 Å². The second-order valence-corrected chi connectivity index (χ2v) is 4.35. The predicted molar refractivity (Wildman–Crippen MR) is 69.3 cm³/mol. The molecule has 1 atom stereocenters. The van der Waals surface area contributed by atoms with Crippen LogP contribution in [0.25, 0.3) is 0 Å². The van der Waals surface area contributed by atoms with Crippen LogP contribution in [-0.2, 0) is 11.3 Å². The van der Waals surface area contributed by atoms with E-state index >= 15 is 0 Å². The first-order valence-electron chi connectivity index (χ1n) is 5.87. The fourth-order valence-corrected chi connectivity index (χ4v) is 1.77. The van der Waals surface area contributed by atoms with Gasteiger partial charge in [-0.3, -0.25) is 4.79 Å². The summed E-state index contributed by atoms with van der Waals surface area (Å²) < 4.78 is 13.2. The zero-order valence-corrected chi connectivity index (χ0v) is 10.9. The number of benzene rings is 1. The highest BCUT2D eigenvalue weighted by Crippen LogP contribution is 2.19. The Morgan fingerprint density at radius 3 is 2.67 bits per heavy atom. The average Bonchev–Trinajstić information content (AvgIpc) is 2.29. The lowest BCUT2D eigenvalue weighted by atomic mass is 10.1. The molecule has 0 saturated heterocycles. The summed E-state index contributed by atoms with van der Waals surface area (Å²) in [7, 11) is 3.73. The lowest BCUT2D eigenvalue weighted by Crippen LogP contribution is -2.35. The predicted octanol–water partition coefficient (Wildman–Crippen LogP) is 1.84. The summed E-state index contributed by atoms with van der Waals surface area (Å²) in [6, 6.07) is 3.90. The standard InChI is InChI=1S/C13H19FN2O2/c1-4-11(13(17)18)15-8-9-7-10(14)5-6-12(9)16(2)3/h5-7,11,15H,4,8H2,1-3H3,(H,17,18)/t11-/m1/s1. The number of hydrogen-bond acceptors (Lipinski definition) is 3. The van der Waals surface area contributed by atoms with Gasteiger partial charge in [0.25, 0.3) is 0 Å². The van der Waals surface area contributed by atoms with Crippen LogP contribution in [0.2, 0.25) is 0 Å². The van der Waals surface area contributed by atoms with E-state index in [0.717, 1.165) is 11.3 Å². The van der Waals surface area contributed by atoms with Gasteiger partial charge < -0.3 is 15.3 Å². The molecule has 0 bridgehead atoms. The Morgan fingerprint density at radius 1 is 1.50 bits per heavy atom. The third-order valence-corrected chi connectivity index (χ3v) is 2.77. The number of rotatable bonds is 6. The lowest BCUT2D eigenvalue weighted by Gasteiger charge is -2.19. The Morgan fingerprint density at radius 2 is 2.17 bits per heavy atom. The molecular weight excluding hydrogens is 235 g/mol. The summed E-state index contributed by atoms with van der Waals surface area (Å²) >= 11 is 0. The fraction of sp³-hybridized carbons (Fsp3) is 0.462. The van der Waals surface area contributed by atoms with Crippen LogP contribution in [0, 0.1) is 5.82 Å². The van der Waals surface area contributed by atoms with Crippen LogP contribution in [0.5, 0.6) is 0 Å². The third-order valence-electron chi connectivity index (χ3n) is 2.77. The van der Waals surface area contributed by atoms with Crippen LogP contribution in [0.3, 0.4) is 0 Å². The van der Waals surface area contributed by atoms with Crippen molar-refractivity contribution in [2.24, 2.45) is 0 Å². The molecule has 100 valence electrons. The van der Waals surface area contributed by atoms with E-state index in [9.17, 15) is 9.18 Å². The molecule has 1 rings (SSSR count). The Labute approximate surface area is 106 Å². The van der Waals surface area contributed by atoms with E-state index in [4.69, 9.17) is 5.11 Å². The molecule has 0 unspecified atom stereocenters. The van der Waals surface area contributed by atoms with E-state index in [1.165, 1.54) is 12.1 Å². The summed E-state index contributed by atoms with van der Waals surface area (Å²) in [5.41, 5.74) is 1.63. The van der Waals surface area contributed by atoms with Gasteiger partial charge in [0.15, 0.2) is 0 Å². The minimum atomic E-state index is -0.889. The van der Waals surface area contributed by atoms with Crippen LogP contribution < -0.4 is 10.2 Å². The van der Waals surface area contributed by atoms with E-state index in [1.807, 2.05) is 19.0 Å². The quantitative estimate of drug-likeness (QED) is 0.813. The maximum atomic E-state index is 13.2. The van der Waals surface area contributed by atoms with Gasteiger partial charge in [-0.1, -0.05) is 6.92 Å². The van der Waals surface area contributed by atoms with Crippen molar-refractivity contribution in [1.82, 2.24) is 5.32 Å².